The van der Waals surface area contributed by atoms with Crippen LogP contribution in [0.5, 0.6) is 5.75 Å². The number of hydrogen-bond donors (Lipinski definition) is 1. The molecule has 0 bridgehead atoms. The van der Waals surface area contributed by atoms with Gasteiger partial charge in [0.25, 0.3) is 0 Å². The van der Waals surface area contributed by atoms with Gasteiger partial charge >= 0.3 is 12.1 Å². The van der Waals surface area contributed by atoms with Gasteiger partial charge in [-0.05, 0) is 29.2 Å². The number of aldehydes is 1. The number of fused-ring (bicyclic) bond motifs is 1. The van der Waals surface area contributed by atoms with Crippen molar-refractivity contribution in [3.05, 3.63) is 34.9 Å². The molecule has 0 aliphatic carbocycles. The molecule has 4 nitrogen and oxygen atoms in total. The average Bonchev–Trinajstić information content (AvgIpc) is 2.43. The summed E-state index contributed by atoms with van der Waals surface area (Å²) in [5.41, 5.74) is -0.474. The summed E-state index contributed by atoms with van der Waals surface area (Å²) in [7, 11) is 0. The summed E-state index contributed by atoms with van der Waals surface area (Å²) < 4.78 is 43.8. The number of carboxylic acid groups (broad SMARTS) is 1. The number of rotatable bonds is 3. The van der Waals surface area contributed by atoms with Gasteiger partial charge in [-0.25, -0.2) is 4.79 Å². The van der Waals surface area contributed by atoms with E-state index in [9.17, 15) is 22.8 Å². The first kappa shape index (κ1) is 18.0. The molecule has 1 heterocycles. The standard InChI is InChI=1S/C17H17F3O4/c1-16(2,3)12(8-21)9-4-5-13-10(6-9)7-11(15(22)23)14(24-13)17(18,19)20/h4-8,12,14H,1-3H3,(H,22,23). The molecule has 1 aliphatic rings. The topological polar surface area (TPSA) is 63.6 Å². The summed E-state index contributed by atoms with van der Waals surface area (Å²) in [4.78, 5) is 22.5. The Hall–Kier alpha value is -2.31. The first-order valence-electron chi connectivity index (χ1n) is 7.22. The molecular weight excluding hydrogens is 325 g/mol. The fourth-order valence-electron chi connectivity index (χ4n) is 2.61. The smallest absolute Gasteiger partial charge is 0.430 e. The van der Waals surface area contributed by atoms with Crippen molar-refractivity contribution in [2.45, 2.75) is 39.0 Å². The van der Waals surface area contributed by atoms with Gasteiger partial charge in [-0.2, -0.15) is 13.2 Å². The zero-order valence-corrected chi connectivity index (χ0v) is 13.3. The van der Waals surface area contributed by atoms with Crippen molar-refractivity contribution in [3.8, 4) is 5.75 Å². The molecule has 0 amide bonds. The second-order valence-corrected chi connectivity index (χ2v) is 6.72. The minimum absolute atomic E-state index is 0.0652. The lowest BCUT2D eigenvalue weighted by Gasteiger charge is -2.29. The van der Waals surface area contributed by atoms with Crippen molar-refractivity contribution in [2.24, 2.45) is 5.41 Å². The third-order valence-corrected chi connectivity index (χ3v) is 3.84. The fourth-order valence-corrected chi connectivity index (χ4v) is 2.61. The van der Waals surface area contributed by atoms with Crippen molar-refractivity contribution in [1.29, 1.82) is 0 Å². The van der Waals surface area contributed by atoms with Gasteiger partial charge in [0.2, 0.25) is 6.10 Å². The van der Waals surface area contributed by atoms with Crippen LogP contribution in [0.3, 0.4) is 0 Å². The quantitative estimate of drug-likeness (QED) is 0.849. The third kappa shape index (κ3) is 3.44. The highest BCUT2D eigenvalue weighted by Crippen LogP contribution is 2.40. The van der Waals surface area contributed by atoms with Crippen LogP contribution in [0, 0.1) is 5.41 Å². The van der Waals surface area contributed by atoms with E-state index in [0.717, 1.165) is 12.4 Å². The molecule has 1 aromatic carbocycles. The van der Waals surface area contributed by atoms with Crippen LogP contribution in [0.15, 0.2) is 23.8 Å². The molecule has 1 N–H and O–H groups in total. The lowest BCUT2D eigenvalue weighted by atomic mass is 9.77. The van der Waals surface area contributed by atoms with Crippen LogP contribution in [0.2, 0.25) is 0 Å². The molecule has 2 atom stereocenters. The number of halogens is 3. The highest BCUT2D eigenvalue weighted by molar-refractivity contribution is 5.95. The van der Waals surface area contributed by atoms with Gasteiger partial charge in [-0.1, -0.05) is 26.8 Å². The Bertz CT molecular complexity index is 699. The summed E-state index contributed by atoms with van der Waals surface area (Å²) in [6.45, 7) is 5.58. The summed E-state index contributed by atoms with van der Waals surface area (Å²) >= 11 is 0. The summed E-state index contributed by atoms with van der Waals surface area (Å²) in [5, 5.41) is 9.05. The molecule has 1 aliphatic heterocycles. The van der Waals surface area contributed by atoms with Crippen LogP contribution in [0.4, 0.5) is 13.2 Å². The summed E-state index contributed by atoms with van der Waals surface area (Å²) in [5.74, 6) is -2.24. The van der Waals surface area contributed by atoms with Crippen LogP contribution in [-0.2, 0) is 9.59 Å². The number of carbonyl (C=O) groups excluding carboxylic acids is 1. The Morgan fingerprint density at radius 2 is 1.92 bits per heavy atom. The van der Waals surface area contributed by atoms with E-state index >= 15 is 0 Å². The van der Waals surface area contributed by atoms with E-state index in [4.69, 9.17) is 9.84 Å². The second kappa shape index (κ2) is 5.96. The highest BCUT2D eigenvalue weighted by Gasteiger charge is 2.48. The SMILES string of the molecule is CC(C)(C)C(C=O)c1ccc2c(c1)C=C(C(=O)O)C(C(F)(F)F)O2. The Balaban J connectivity index is 2.53. The molecular formula is C17H17F3O4. The largest absolute Gasteiger partial charge is 0.478 e. The van der Waals surface area contributed by atoms with Gasteiger partial charge in [-0.3, -0.25) is 0 Å². The minimum Gasteiger partial charge on any atom is -0.478 e. The lowest BCUT2D eigenvalue weighted by Crippen LogP contribution is -2.40. The summed E-state index contributed by atoms with van der Waals surface area (Å²) in [6.07, 6.45) is -5.63. The van der Waals surface area contributed by atoms with Gasteiger partial charge in [-0.15, -0.1) is 0 Å². The van der Waals surface area contributed by atoms with Gasteiger partial charge in [0.05, 0.1) is 5.57 Å². The van der Waals surface area contributed by atoms with E-state index in [1.54, 1.807) is 0 Å². The van der Waals surface area contributed by atoms with E-state index in [2.05, 4.69) is 0 Å². The van der Waals surface area contributed by atoms with Crippen LogP contribution in [-0.4, -0.2) is 29.6 Å². The lowest BCUT2D eigenvalue weighted by molar-refractivity contribution is -0.187. The fraction of sp³-hybridized carbons (Fsp3) is 0.412. The van der Waals surface area contributed by atoms with Gasteiger partial charge < -0.3 is 14.6 Å². The molecule has 7 heteroatoms. The molecule has 2 unspecified atom stereocenters. The van der Waals surface area contributed by atoms with Crippen LogP contribution in [0.1, 0.15) is 37.8 Å². The van der Waals surface area contributed by atoms with Crippen molar-refractivity contribution in [1.82, 2.24) is 0 Å². The maximum absolute atomic E-state index is 13.0. The molecule has 0 radical (unpaired) electrons. The molecule has 130 valence electrons. The number of carbonyl (C=O) groups is 2. The van der Waals surface area contributed by atoms with Crippen molar-refractivity contribution in [3.63, 3.8) is 0 Å². The predicted octanol–water partition coefficient (Wildman–Crippen LogP) is 3.81. The van der Waals surface area contributed by atoms with Gasteiger partial charge in [0.15, 0.2) is 0 Å². The maximum Gasteiger partial charge on any atom is 0.430 e. The van der Waals surface area contributed by atoms with E-state index in [1.165, 1.54) is 18.2 Å². The maximum atomic E-state index is 13.0. The average molecular weight is 342 g/mol. The molecule has 24 heavy (non-hydrogen) atoms. The van der Waals surface area contributed by atoms with E-state index in [1.807, 2.05) is 20.8 Å². The molecule has 0 saturated heterocycles. The third-order valence-electron chi connectivity index (χ3n) is 3.84. The van der Waals surface area contributed by atoms with Crippen molar-refractivity contribution in [2.75, 3.05) is 0 Å². The summed E-state index contributed by atoms with van der Waals surface area (Å²) in [6, 6.07) is 4.35. The first-order chi connectivity index (χ1) is 10.9. The molecule has 2 rings (SSSR count). The molecule has 0 fully saturated rings. The van der Waals surface area contributed by atoms with E-state index in [0.29, 0.717) is 5.56 Å². The van der Waals surface area contributed by atoms with Crippen LogP contribution >= 0.6 is 0 Å². The van der Waals surface area contributed by atoms with E-state index < -0.39 is 29.7 Å². The van der Waals surface area contributed by atoms with Crippen molar-refractivity contribution >= 4 is 18.3 Å². The predicted molar refractivity (Wildman–Crippen MR) is 80.8 cm³/mol. The Morgan fingerprint density at radius 1 is 1.29 bits per heavy atom. The number of aliphatic carboxylic acids is 1. The molecule has 1 aromatic rings. The normalized spacial score (nSPS) is 18.9. The molecule has 0 spiro atoms. The van der Waals surface area contributed by atoms with E-state index in [-0.39, 0.29) is 16.7 Å². The van der Waals surface area contributed by atoms with Gasteiger partial charge in [0.1, 0.15) is 12.0 Å². The molecule has 0 saturated carbocycles. The van der Waals surface area contributed by atoms with Crippen LogP contribution < -0.4 is 4.74 Å². The Morgan fingerprint density at radius 3 is 2.38 bits per heavy atom. The van der Waals surface area contributed by atoms with Crippen molar-refractivity contribution < 1.29 is 32.6 Å². The number of benzene rings is 1. The number of ether oxygens (including phenoxy) is 1. The van der Waals surface area contributed by atoms with Crippen LogP contribution in [0.25, 0.3) is 6.08 Å². The zero-order chi connectivity index (χ0) is 18.3. The monoisotopic (exact) mass is 342 g/mol. The Kier molecular flexibility index (Phi) is 4.48. The zero-order valence-electron chi connectivity index (χ0n) is 13.3. The second-order valence-electron chi connectivity index (χ2n) is 6.72. The number of hydrogen-bond acceptors (Lipinski definition) is 3. The molecule has 0 aromatic heterocycles. The number of carboxylic acids is 1. The highest BCUT2D eigenvalue weighted by atomic mass is 19.4. The first-order valence-corrected chi connectivity index (χ1v) is 7.22. The minimum atomic E-state index is -4.84. The van der Waals surface area contributed by atoms with Gasteiger partial charge in [0, 0.05) is 11.5 Å². The number of alkyl halides is 3. The Labute approximate surface area is 136 Å².